The van der Waals surface area contributed by atoms with Crippen LogP contribution in [0, 0.1) is 0 Å². The number of fused-ring (bicyclic) bond motifs is 1. The molecular formula is C10H9NO. The fourth-order valence-electron chi connectivity index (χ4n) is 1.27. The summed E-state index contributed by atoms with van der Waals surface area (Å²) in [6, 6.07) is 5.45. The van der Waals surface area contributed by atoms with Gasteiger partial charge in [0.2, 0.25) is 0 Å². The maximum absolute atomic E-state index is 9.47. The zero-order valence-corrected chi connectivity index (χ0v) is 6.57. The molecule has 0 fully saturated rings. The van der Waals surface area contributed by atoms with Crippen LogP contribution < -0.4 is 10.4 Å². The third kappa shape index (κ3) is 1.11. The Morgan fingerprint density at radius 2 is 2.25 bits per heavy atom. The molecule has 12 heavy (non-hydrogen) atoms. The van der Waals surface area contributed by atoms with Gasteiger partial charge in [-0.25, -0.2) is 0 Å². The number of aliphatic imine (C=N–C) groups is 1. The lowest BCUT2D eigenvalue weighted by Gasteiger charge is -1.92. The number of hydrogen-bond acceptors (Lipinski definition) is 2. The van der Waals surface area contributed by atoms with Gasteiger partial charge in [-0.1, -0.05) is 18.2 Å². The van der Waals surface area contributed by atoms with E-state index in [9.17, 15) is 5.11 Å². The molecular weight excluding hydrogens is 150 g/mol. The molecule has 1 aromatic rings. The zero-order chi connectivity index (χ0) is 8.39. The van der Waals surface area contributed by atoms with Crippen molar-refractivity contribution in [2.24, 2.45) is 4.99 Å². The Bertz CT molecular complexity index is 432. The lowest BCUT2D eigenvalue weighted by atomic mass is 10.2. The molecule has 0 bridgehead atoms. The Balaban J connectivity index is 2.85. The fraction of sp³-hybridized carbons (Fsp3) is 0.100. The molecule has 2 nitrogen and oxygen atoms in total. The Labute approximate surface area is 70.2 Å². The first-order chi connectivity index (χ1) is 5.88. The molecule has 2 rings (SSSR count). The van der Waals surface area contributed by atoms with E-state index in [2.05, 4.69) is 4.99 Å². The molecule has 60 valence electrons. The number of phenolic OH excluding ortho intramolecular Hbond substituents is 1. The van der Waals surface area contributed by atoms with Gasteiger partial charge in [0.1, 0.15) is 5.75 Å². The highest BCUT2D eigenvalue weighted by atomic mass is 16.3. The normalized spacial score (nSPS) is 14.0. The summed E-state index contributed by atoms with van der Waals surface area (Å²) >= 11 is 0. The summed E-state index contributed by atoms with van der Waals surface area (Å²) in [5.41, 5.74) is 0. The molecule has 0 spiro atoms. The second-order valence-corrected chi connectivity index (χ2v) is 2.68. The first kappa shape index (κ1) is 7.10. The van der Waals surface area contributed by atoms with Gasteiger partial charge in [-0.15, -0.1) is 0 Å². The average Bonchev–Trinajstić information content (AvgIpc) is 2.30. The molecule has 0 radical (unpaired) electrons. The number of nitrogens with zero attached hydrogens (tertiary/aromatic N) is 1. The molecule has 1 aliphatic heterocycles. The van der Waals surface area contributed by atoms with Crippen molar-refractivity contribution in [3.8, 4) is 5.75 Å². The highest BCUT2D eigenvalue weighted by molar-refractivity contribution is 5.69. The highest BCUT2D eigenvalue weighted by Gasteiger charge is 1.93. The zero-order valence-electron chi connectivity index (χ0n) is 6.57. The molecule has 0 amide bonds. The third-order valence-corrected chi connectivity index (χ3v) is 1.86. The number of benzene rings is 1. The van der Waals surface area contributed by atoms with Gasteiger partial charge >= 0.3 is 0 Å². The van der Waals surface area contributed by atoms with Crippen LogP contribution in [0.5, 0.6) is 5.75 Å². The Kier molecular flexibility index (Phi) is 1.67. The molecule has 0 saturated heterocycles. The van der Waals surface area contributed by atoms with E-state index in [4.69, 9.17) is 0 Å². The number of phenols is 1. The third-order valence-electron chi connectivity index (χ3n) is 1.86. The predicted octanol–water partition coefficient (Wildman–Crippen LogP) is 0.385. The van der Waals surface area contributed by atoms with E-state index in [0.29, 0.717) is 5.75 Å². The van der Waals surface area contributed by atoms with Crippen LogP contribution in [0.4, 0.5) is 0 Å². The lowest BCUT2D eigenvalue weighted by molar-refractivity contribution is 0.470. The van der Waals surface area contributed by atoms with E-state index in [1.54, 1.807) is 12.3 Å². The van der Waals surface area contributed by atoms with E-state index in [1.165, 1.54) is 0 Å². The Morgan fingerprint density at radius 3 is 3.17 bits per heavy atom. The summed E-state index contributed by atoms with van der Waals surface area (Å²) in [6.45, 7) is 0. The fourth-order valence-corrected chi connectivity index (χ4v) is 1.27. The van der Waals surface area contributed by atoms with Crippen LogP contribution in [0.15, 0.2) is 23.2 Å². The second kappa shape index (κ2) is 2.81. The van der Waals surface area contributed by atoms with E-state index in [1.807, 2.05) is 24.4 Å². The Hall–Kier alpha value is -1.57. The van der Waals surface area contributed by atoms with Crippen molar-refractivity contribution >= 4 is 18.5 Å². The van der Waals surface area contributed by atoms with Crippen LogP contribution in [0.1, 0.15) is 6.42 Å². The molecule has 0 unspecified atom stereocenters. The number of rotatable bonds is 0. The van der Waals surface area contributed by atoms with Crippen LogP contribution in [-0.2, 0) is 0 Å². The summed E-state index contributed by atoms with van der Waals surface area (Å²) < 4.78 is 0. The first-order valence-electron chi connectivity index (χ1n) is 3.88. The second-order valence-electron chi connectivity index (χ2n) is 2.68. The highest BCUT2D eigenvalue weighted by Crippen LogP contribution is 1.96. The van der Waals surface area contributed by atoms with Gasteiger partial charge in [0.05, 0.1) is 0 Å². The van der Waals surface area contributed by atoms with Crippen LogP contribution in [-0.4, -0.2) is 11.3 Å². The van der Waals surface area contributed by atoms with Crippen molar-refractivity contribution in [2.45, 2.75) is 6.42 Å². The summed E-state index contributed by atoms with van der Waals surface area (Å²) in [4.78, 5) is 4.06. The summed E-state index contributed by atoms with van der Waals surface area (Å²) in [6.07, 6.45) is 6.33. The minimum absolute atomic E-state index is 0.328. The van der Waals surface area contributed by atoms with Crippen molar-refractivity contribution < 1.29 is 5.11 Å². The van der Waals surface area contributed by atoms with Crippen LogP contribution in [0.3, 0.4) is 0 Å². The molecule has 0 saturated carbocycles. The lowest BCUT2D eigenvalue weighted by Crippen LogP contribution is -2.23. The first-order valence-corrected chi connectivity index (χ1v) is 3.88. The smallest absolute Gasteiger partial charge is 0.123 e. The van der Waals surface area contributed by atoms with E-state index in [0.717, 1.165) is 16.9 Å². The average molecular weight is 159 g/mol. The SMILES string of the molecule is Oc1cccc2c1=CCC=NC=2. The quantitative estimate of drug-likeness (QED) is 0.583. The van der Waals surface area contributed by atoms with Gasteiger partial charge in [0, 0.05) is 29.3 Å². The van der Waals surface area contributed by atoms with Gasteiger partial charge in [0.15, 0.2) is 0 Å². The van der Waals surface area contributed by atoms with Gasteiger partial charge < -0.3 is 5.11 Å². The number of hydrogen-bond donors (Lipinski definition) is 1. The van der Waals surface area contributed by atoms with E-state index < -0.39 is 0 Å². The predicted molar refractivity (Wildman–Crippen MR) is 49.4 cm³/mol. The van der Waals surface area contributed by atoms with Gasteiger partial charge in [0.25, 0.3) is 0 Å². The maximum atomic E-state index is 9.47. The minimum Gasteiger partial charge on any atom is -0.507 e. The van der Waals surface area contributed by atoms with Crippen molar-refractivity contribution in [3.05, 3.63) is 28.6 Å². The largest absolute Gasteiger partial charge is 0.507 e. The van der Waals surface area contributed by atoms with Crippen molar-refractivity contribution in [2.75, 3.05) is 0 Å². The Morgan fingerprint density at radius 1 is 1.33 bits per heavy atom. The van der Waals surface area contributed by atoms with Crippen LogP contribution >= 0.6 is 0 Å². The van der Waals surface area contributed by atoms with E-state index in [-0.39, 0.29) is 0 Å². The number of aromatic hydroxyl groups is 1. The minimum atomic E-state index is 0.328. The van der Waals surface area contributed by atoms with Crippen molar-refractivity contribution in [1.29, 1.82) is 0 Å². The van der Waals surface area contributed by atoms with Gasteiger partial charge in [-0.3, -0.25) is 4.99 Å². The molecule has 1 aliphatic rings. The molecule has 0 atom stereocenters. The molecule has 0 aromatic heterocycles. The summed E-state index contributed by atoms with van der Waals surface area (Å²) in [5.74, 6) is 0.328. The van der Waals surface area contributed by atoms with Gasteiger partial charge in [-0.2, -0.15) is 0 Å². The summed E-state index contributed by atoms with van der Waals surface area (Å²) in [7, 11) is 0. The maximum Gasteiger partial charge on any atom is 0.123 e. The molecule has 2 heteroatoms. The van der Waals surface area contributed by atoms with Gasteiger partial charge in [-0.05, 0) is 6.07 Å². The van der Waals surface area contributed by atoms with E-state index >= 15 is 0 Å². The van der Waals surface area contributed by atoms with Crippen molar-refractivity contribution in [3.63, 3.8) is 0 Å². The molecule has 1 aromatic carbocycles. The van der Waals surface area contributed by atoms with Crippen LogP contribution in [0.25, 0.3) is 12.3 Å². The van der Waals surface area contributed by atoms with Crippen LogP contribution in [0.2, 0.25) is 0 Å². The monoisotopic (exact) mass is 159 g/mol. The standard InChI is InChI=1S/C10H9NO/c12-10-5-1-3-8-7-11-6-2-4-9(8)10/h1,3-7,12H,2H2. The molecule has 1 heterocycles. The van der Waals surface area contributed by atoms with Crippen molar-refractivity contribution in [1.82, 2.24) is 0 Å². The summed E-state index contributed by atoms with van der Waals surface area (Å²) in [5, 5.41) is 11.3. The molecule has 0 aliphatic carbocycles. The topological polar surface area (TPSA) is 32.6 Å². The molecule has 1 N–H and O–H groups in total.